The first-order valence-electron chi connectivity index (χ1n) is 3.52. The highest BCUT2D eigenvalue weighted by molar-refractivity contribution is 9.09. The van der Waals surface area contributed by atoms with Crippen molar-refractivity contribution >= 4 is 31.9 Å². The molecule has 0 bridgehead atoms. The van der Waals surface area contributed by atoms with E-state index in [1.807, 2.05) is 0 Å². The lowest BCUT2D eigenvalue weighted by Crippen LogP contribution is -2.07. The third-order valence-corrected chi connectivity index (χ3v) is 1.44. The summed E-state index contributed by atoms with van der Waals surface area (Å²) >= 11 is 6.39. The second-order valence-electron chi connectivity index (χ2n) is 1.70. The van der Waals surface area contributed by atoms with E-state index in [0.29, 0.717) is 26.4 Å². The molecule has 0 spiro atoms. The van der Waals surface area contributed by atoms with Crippen molar-refractivity contribution in [3.63, 3.8) is 0 Å². The second kappa shape index (κ2) is 11.8. The van der Waals surface area contributed by atoms with Crippen LogP contribution in [0.5, 0.6) is 0 Å². The van der Waals surface area contributed by atoms with Gasteiger partial charge in [-0.15, -0.1) is 0 Å². The van der Waals surface area contributed by atoms with Gasteiger partial charge in [0.2, 0.25) is 0 Å². The molecule has 6 heteroatoms. The quantitative estimate of drug-likeness (QED) is 0.281. The van der Waals surface area contributed by atoms with E-state index in [4.69, 9.17) is 4.74 Å². The lowest BCUT2D eigenvalue weighted by molar-refractivity contribution is -0.511. The molecule has 74 valence electrons. The summed E-state index contributed by atoms with van der Waals surface area (Å²) < 4.78 is 5.07. The molecule has 0 aliphatic carbocycles. The molecule has 0 aromatic carbocycles. The zero-order valence-corrected chi connectivity index (χ0v) is 9.80. The molecule has 0 aliphatic heterocycles. The normalized spacial score (nSPS) is 10.5. The minimum atomic E-state index is 0.370. The van der Waals surface area contributed by atoms with Gasteiger partial charge >= 0.3 is 0 Å². The molecule has 0 amide bonds. The molecule has 0 aromatic heterocycles. The summed E-state index contributed by atoms with van der Waals surface area (Å²) in [5.41, 5.74) is 0. The van der Waals surface area contributed by atoms with Gasteiger partial charge in [-0.1, -0.05) is 36.9 Å². The van der Waals surface area contributed by atoms with Crippen molar-refractivity contribution in [2.75, 3.05) is 37.1 Å². The topological polar surface area (TPSA) is 36.9 Å². The van der Waals surface area contributed by atoms with Crippen LogP contribution in [0.1, 0.15) is 0 Å². The predicted molar refractivity (Wildman–Crippen MR) is 51.4 cm³/mol. The number of hydrogen-bond donors (Lipinski definition) is 0. The Kier molecular flexibility index (Phi) is 12.6. The van der Waals surface area contributed by atoms with E-state index in [0.717, 1.165) is 10.7 Å². The summed E-state index contributed by atoms with van der Waals surface area (Å²) in [6.07, 6.45) is 0. The lowest BCUT2D eigenvalue weighted by atomic mass is 10.7. The predicted octanol–water partition coefficient (Wildman–Crippen LogP) is 1.67. The smallest absolute Gasteiger partial charge is 0.109 e. The molecule has 0 saturated carbocycles. The van der Waals surface area contributed by atoms with Crippen molar-refractivity contribution in [3.05, 3.63) is 0 Å². The summed E-state index contributed by atoms with van der Waals surface area (Å²) in [6, 6.07) is 0. The van der Waals surface area contributed by atoms with Crippen molar-refractivity contribution in [2.45, 2.75) is 0 Å². The molecular formula is C6H12Br2O4. The molecular weight excluding hydrogens is 296 g/mol. The average molecular weight is 308 g/mol. The van der Waals surface area contributed by atoms with E-state index in [9.17, 15) is 0 Å². The molecule has 0 N–H and O–H groups in total. The third-order valence-electron chi connectivity index (χ3n) is 0.789. The Morgan fingerprint density at radius 3 is 2.08 bits per heavy atom. The number of ether oxygens (including phenoxy) is 1. The first kappa shape index (κ1) is 12.8. The van der Waals surface area contributed by atoms with E-state index in [1.165, 1.54) is 0 Å². The van der Waals surface area contributed by atoms with Crippen LogP contribution in [-0.4, -0.2) is 37.1 Å². The fourth-order valence-corrected chi connectivity index (χ4v) is 0.744. The van der Waals surface area contributed by atoms with E-state index < -0.39 is 0 Å². The average Bonchev–Trinajstić information content (AvgIpc) is 2.10. The second-order valence-corrected chi connectivity index (χ2v) is 3.29. The summed E-state index contributed by atoms with van der Waals surface area (Å²) in [5.74, 6) is 0. The molecule has 0 aromatic rings. The van der Waals surface area contributed by atoms with Gasteiger partial charge in [0.1, 0.15) is 6.61 Å². The van der Waals surface area contributed by atoms with Crippen molar-refractivity contribution in [2.24, 2.45) is 0 Å². The Hall–Kier alpha value is 0.800. The number of hydrogen-bond acceptors (Lipinski definition) is 4. The Morgan fingerprint density at radius 2 is 1.42 bits per heavy atom. The van der Waals surface area contributed by atoms with E-state index >= 15 is 0 Å². The first-order valence-corrected chi connectivity index (χ1v) is 5.77. The Morgan fingerprint density at radius 1 is 0.750 bits per heavy atom. The van der Waals surface area contributed by atoms with Crippen molar-refractivity contribution in [1.29, 1.82) is 0 Å². The van der Waals surface area contributed by atoms with Gasteiger partial charge in [0.25, 0.3) is 0 Å². The zero-order valence-electron chi connectivity index (χ0n) is 6.63. The Bertz CT molecular complexity index is 73.9. The van der Waals surface area contributed by atoms with Gasteiger partial charge in [-0.2, -0.15) is 0 Å². The van der Waals surface area contributed by atoms with E-state index in [2.05, 4.69) is 46.7 Å². The highest BCUT2D eigenvalue weighted by atomic mass is 79.9. The number of rotatable bonds is 9. The standard InChI is InChI=1S/C6H12Br2O4/c7-1-3-9-5-6-11-12-10-4-2-8/h1-6H2. The fraction of sp³-hybridized carbons (Fsp3) is 1.00. The van der Waals surface area contributed by atoms with Crippen LogP contribution in [0.15, 0.2) is 0 Å². The summed E-state index contributed by atoms with van der Waals surface area (Å²) in [6.45, 7) is 2.01. The van der Waals surface area contributed by atoms with Crippen LogP contribution < -0.4 is 0 Å². The van der Waals surface area contributed by atoms with Crippen LogP contribution in [-0.2, 0) is 19.6 Å². The zero-order chi connectivity index (χ0) is 9.07. The fourth-order valence-electron chi connectivity index (χ4n) is 0.383. The number of alkyl halides is 2. The largest absolute Gasteiger partial charge is 0.378 e. The Balaban J connectivity index is 2.73. The highest BCUT2D eigenvalue weighted by Crippen LogP contribution is 1.86. The lowest BCUT2D eigenvalue weighted by Gasteiger charge is -2.02. The first-order chi connectivity index (χ1) is 5.91. The van der Waals surface area contributed by atoms with E-state index in [1.54, 1.807) is 0 Å². The van der Waals surface area contributed by atoms with E-state index in [-0.39, 0.29) is 0 Å². The van der Waals surface area contributed by atoms with Gasteiger partial charge in [0.15, 0.2) is 0 Å². The maximum atomic E-state index is 5.07. The molecule has 12 heavy (non-hydrogen) atoms. The number of halogens is 2. The molecule has 0 unspecified atom stereocenters. The van der Waals surface area contributed by atoms with Gasteiger partial charge in [0.05, 0.1) is 19.8 Å². The molecule has 0 aliphatic rings. The monoisotopic (exact) mass is 306 g/mol. The minimum absolute atomic E-state index is 0.370. The molecule has 0 saturated heterocycles. The van der Waals surface area contributed by atoms with Crippen molar-refractivity contribution in [3.8, 4) is 0 Å². The summed E-state index contributed by atoms with van der Waals surface area (Å²) in [4.78, 5) is 9.15. The SMILES string of the molecule is BrCCOCCOOOCCBr. The van der Waals surface area contributed by atoms with Crippen molar-refractivity contribution in [1.82, 2.24) is 0 Å². The van der Waals surface area contributed by atoms with Crippen LogP contribution in [0.4, 0.5) is 0 Å². The van der Waals surface area contributed by atoms with Gasteiger partial charge in [-0.05, 0) is 0 Å². The van der Waals surface area contributed by atoms with Crippen LogP contribution in [0.3, 0.4) is 0 Å². The molecule has 4 nitrogen and oxygen atoms in total. The van der Waals surface area contributed by atoms with Crippen LogP contribution >= 0.6 is 31.9 Å². The molecule has 0 rings (SSSR count). The maximum absolute atomic E-state index is 5.07. The third kappa shape index (κ3) is 10.8. The highest BCUT2D eigenvalue weighted by Gasteiger charge is 1.90. The van der Waals surface area contributed by atoms with Gasteiger partial charge in [-0.3, -0.25) is 0 Å². The van der Waals surface area contributed by atoms with Gasteiger partial charge < -0.3 is 4.74 Å². The van der Waals surface area contributed by atoms with Crippen LogP contribution in [0, 0.1) is 0 Å². The van der Waals surface area contributed by atoms with Crippen molar-refractivity contribution < 1.29 is 19.6 Å². The van der Waals surface area contributed by atoms with Crippen LogP contribution in [0.25, 0.3) is 0 Å². The van der Waals surface area contributed by atoms with Crippen LogP contribution in [0.2, 0.25) is 0 Å². The summed E-state index contributed by atoms with van der Waals surface area (Å²) in [7, 11) is 0. The molecule has 0 atom stereocenters. The molecule has 0 fully saturated rings. The van der Waals surface area contributed by atoms with Gasteiger partial charge in [0, 0.05) is 10.7 Å². The van der Waals surface area contributed by atoms with Gasteiger partial charge in [-0.25, -0.2) is 9.78 Å². The minimum Gasteiger partial charge on any atom is -0.378 e. The Labute approximate surface area is 88.6 Å². The maximum Gasteiger partial charge on any atom is 0.109 e. The molecule has 0 heterocycles. The molecule has 0 radical (unpaired) electrons. The summed E-state index contributed by atoms with van der Waals surface area (Å²) in [5, 5.41) is 5.88.